The van der Waals surface area contributed by atoms with Gasteiger partial charge in [-0.2, -0.15) is 0 Å². The molecule has 3 nitrogen and oxygen atoms in total. The van der Waals surface area contributed by atoms with Gasteiger partial charge in [0.15, 0.2) is 5.78 Å². The van der Waals surface area contributed by atoms with Crippen LogP contribution in [-0.2, 0) is 4.79 Å². The molecule has 0 saturated carbocycles. The number of Topliss-reactive ketones (excluding diaryl/α,β-unsaturated/α-hetero) is 1. The highest BCUT2D eigenvalue weighted by atomic mass is 79.9. The number of aldehydes is 1. The number of hydrogen-bond donors (Lipinski definition) is 1. The van der Waals surface area contributed by atoms with Crippen molar-refractivity contribution in [3.8, 4) is 0 Å². The van der Waals surface area contributed by atoms with Gasteiger partial charge in [-0.15, -0.1) is 0 Å². The summed E-state index contributed by atoms with van der Waals surface area (Å²) in [6.45, 7) is 3.78. The lowest BCUT2D eigenvalue weighted by atomic mass is 10.1. The molecular formula is C12H14BrNO2. The second kappa shape index (κ2) is 5.25. The molecule has 4 heteroatoms. The second-order valence-corrected chi connectivity index (χ2v) is 5.70. The first kappa shape index (κ1) is 12.9. The number of hydrogen-bond acceptors (Lipinski definition) is 3. The highest BCUT2D eigenvalue weighted by Crippen LogP contribution is 2.17. The summed E-state index contributed by atoms with van der Waals surface area (Å²) < 4.78 is -0.584. The van der Waals surface area contributed by atoms with Crippen LogP contribution in [0.4, 0.5) is 5.69 Å². The largest absolute Gasteiger partial charge is 0.383 e. The molecule has 1 atom stereocenters. The molecule has 0 aliphatic carbocycles. The van der Waals surface area contributed by atoms with E-state index >= 15 is 0 Å². The molecule has 0 spiro atoms. The molecule has 0 fully saturated rings. The van der Waals surface area contributed by atoms with E-state index in [4.69, 9.17) is 0 Å². The van der Waals surface area contributed by atoms with Gasteiger partial charge in [0.2, 0.25) is 0 Å². The van der Waals surface area contributed by atoms with E-state index in [2.05, 4.69) is 21.2 Å². The van der Waals surface area contributed by atoms with Crippen molar-refractivity contribution in [1.82, 2.24) is 0 Å². The number of benzene rings is 1. The zero-order valence-corrected chi connectivity index (χ0v) is 10.9. The Bertz CT molecular complexity index is 402. The molecule has 0 heterocycles. The predicted octanol–water partition coefficient (Wildman–Crippen LogP) is 2.65. The third-order valence-corrected chi connectivity index (χ3v) is 2.62. The van der Waals surface area contributed by atoms with Crippen molar-refractivity contribution in [2.75, 3.05) is 11.9 Å². The van der Waals surface area contributed by atoms with Gasteiger partial charge in [-0.05, 0) is 26.0 Å². The Morgan fingerprint density at radius 1 is 1.56 bits per heavy atom. The zero-order valence-electron chi connectivity index (χ0n) is 9.29. The monoisotopic (exact) mass is 283 g/mol. The maximum absolute atomic E-state index is 11.2. The van der Waals surface area contributed by atoms with Gasteiger partial charge in [0.05, 0.1) is 4.32 Å². The van der Waals surface area contributed by atoms with E-state index in [1.165, 1.54) is 6.92 Å². The van der Waals surface area contributed by atoms with Gasteiger partial charge in [0.1, 0.15) is 6.29 Å². The van der Waals surface area contributed by atoms with Gasteiger partial charge >= 0.3 is 0 Å². The van der Waals surface area contributed by atoms with Crippen LogP contribution >= 0.6 is 15.9 Å². The third-order valence-electron chi connectivity index (χ3n) is 2.15. The molecular weight excluding hydrogens is 270 g/mol. The number of carbonyl (C=O) groups excluding carboxylic acids is 2. The van der Waals surface area contributed by atoms with E-state index < -0.39 is 4.32 Å². The average molecular weight is 284 g/mol. The Kier molecular flexibility index (Phi) is 4.24. The first-order valence-corrected chi connectivity index (χ1v) is 5.74. The Balaban J connectivity index is 2.71. The summed E-state index contributed by atoms with van der Waals surface area (Å²) in [6.07, 6.45) is 0.842. The molecule has 1 rings (SSSR count). The number of rotatable bonds is 5. The van der Waals surface area contributed by atoms with E-state index in [0.717, 1.165) is 12.0 Å². The van der Waals surface area contributed by atoms with Crippen LogP contribution in [-0.4, -0.2) is 22.9 Å². The molecule has 1 unspecified atom stereocenters. The molecule has 1 N–H and O–H groups in total. The van der Waals surface area contributed by atoms with Crippen LogP contribution in [0.5, 0.6) is 0 Å². The summed E-state index contributed by atoms with van der Waals surface area (Å²) in [7, 11) is 0. The SMILES string of the molecule is CC(=O)c1cccc(NCC(C)(Br)C=O)c1. The third kappa shape index (κ3) is 3.77. The number of ketones is 1. The van der Waals surface area contributed by atoms with E-state index in [1.54, 1.807) is 19.1 Å². The predicted molar refractivity (Wildman–Crippen MR) is 68.3 cm³/mol. The molecule has 0 amide bonds. The van der Waals surface area contributed by atoms with Crippen LogP contribution in [0.25, 0.3) is 0 Å². The Labute approximate surface area is 103 Å². The first-order valence-electron chi connectivity index (χ1n) is 4.95. The summed E-state index contributed by atoms with van der Waals surface area (Å²) in [4.78, 5) is 21.8. The minimum Gasteiger partial charge on any atom is -0.383 e. The lowest BCUT2D eigenvalue weighted by Crippen LogP contribution is -2.28. The maximum Gasteiger partial charge on any atom is 0.159 e. The first-order chi connectivity index (χ1) is 7.44. The van der Waals surface area contributed by atoms with E-state index in [0.29, 0.717) is 12.1 Å². The summed E-state index contributed by atoms with van der Waals surface area (Å²) in [5.41, 5.74) is 1.49. The van der Waals surface area contributed by atoms with Crippen molar-refractivity contribution in [2.24, 2.45) is 0 Å². The van der Waals surface area contributed by atoms with Crippen molar-refractivity contribution >= 4 is 33.7 Å². The number of alkyl halides is 1. The van der Waals surface area contributed by atoms with Crippen LogP contribution in [0.15, 0.2) is 24.3 Å². The lowest BCUT2D eigenvalue weighted by molar-refractivity contribution is -0.109. The molecule has 0 bridgehead atoms. The fraction of sp³-hybridized carbons (Fsp3) is 0.333. The standard InChI is InChI=1S/C12H14BrNO2/c1-9(16)10-4-3-5-11(6-10)14-7-12(2,13)8-15/h3-6,8,14H,7H2,1-2H3. The quantitative estimate of drug-likeness (QED) is 0.513. The summed E-state index contributed by atoms with van der Waals surface area (Å²) in [5.74, 6) is 0.0284. The van der Waals surface area contributed by atoms with Crippen LogP contribution in [0.2, 0.25) is 0 Å². The molecule has 86 valence electrons. The average Bonchev–Trinajstić information content (AvgIpc) is 2.27. The summed E-state index contributed by atoms with van der Waals surface area (Å²) in [5, 5.41) is 3.10. The van der Waals surface area contributed by atoms with E-state index in [-0.39, 0.29) is 5.78 Å². The minimum atomic E-state index is -0.584. The van der Waals surface area contributed by atoms with Gasteiger partial charge in [0.25, 0.3) is 0 Å². The number of halogens is 1. The van der Waals surface area contributed by atoms with Crippen molar-refractivity contribution < 1.29 is 9.59 Å². The Morgan fingerprint density at radius 3 is 2.81 bits per heavy atom. The summed E-state index contributed by atoms with van der Waals surface area (Å²) in [6, 6.07) is 7.21. The Morgan fingerprint density at radius 2 is 2.25 bits per heavy atom. The fourth-order valence-corrected chi connectivity index (χ4v) is 1.30. The van der Waals surface area contributed by atoms with Gasteiger partial charge in [-0.25, -0.2) is 0 Å². The van der Waals surface area contributed by atoms with Crippen molar-refractivity contribution in [3.63, 3.8) is 0 Å². The van der Waals surface area contributed by atoms with Crippen LogP contribution < -0.4 is 5.32 Å². The molecule has 1 aromatic rings. The van der Waals surface area contributed by atoms with Gasteiger partial charge in [-0.1, -0.05) is 28.1 Å². The zero-order chi connectivity index (χ0) is 12.2. The van der Waals surface area contributed by atoms with Crippen molar-refractivity contribution in [3.05, 3.63) is 29.8 Å². The van der Waals surface area contributed by atoms with E-state index in [9.17, 15) is 9.59 Å². The highest BCUT2D eigenvalue weighted by Gasteiger charge is 2.18. The number of carbonyl (C=O) groups is 2. The smallest absolute Gasteiger partial charge is 0.159 e. The van der Waals surface area contributed by atoms with Crippen molar-refractivity contribution in [1.29, 1.82) is 0 Å². The van der Waals surface area contributed by atoms with Gasteiger partial charge < -0.3 is 10.1 Å². The molecule has 0 aromatic heterocycles. The second-order valence-electron chi connectivity index (χ2n) is 3.89. The molecule has 0 saturated heterocycles. The topological polar surface area (TPSA) is 46.2 Å². The number of anilines is 1. The van der Waals surface area contributed by atoms with Crippen LogP contribution in [0.1, 0.15) is 24.2 Å². The molecule has 0 aliphatic rings. The minimum absolute atomic E-state index is 0.0284. The summed E-state index contributed by atoms with van der Waals surface area (Å²) >= 11 is 3.29. The van der Waals surface area contributed by atoms with E-state index in [1.807, 2.05) is 12.1 Å². The molecule has 16 heavy (non-hydrogen) atoms. The van der Waals surface area contributed by atoms with Crippen molar-refractivity contribution in [2.45, 2.75) is 18.2 Å². The highest BCUT2D eigenvalue weighted by molar-refractivity contribution is 9.10. The van der Waals surface area contributed by atoms with Crippen LogP contribution in [0.3, 0.4) is 0 Å². The molecule has 1 aromatic carbocycles. The molecule has 0 radical (unpaired) electrons. The van der Waals surface area contributed by atoms with Crippen LogP contribution in [0, 0.1) is 0 Å². The Hall–Kier alpha value is -1.16. The van der Waals surface area contributed by atoms with Gasteiger partial charge in [-0.3, -0.25) is 4.79 Å². The fourth-order valence-electron chi connectivity index (χ4n) is 1.16. The molecule has 0 aliphatic heterocycles. The van der Waals surface area contributed by atoms with Gasteiger partial charge in [0, 0.05) is 17.8 Å². The number of nitrogens with one attached hydrogen (secondary N) is 1. The maximum atomic E-state index is 11.2. The normalized spacial score (nSPS) is 13.9. The lowest BCUT2D eigenvalue weighted by Gasteiger charge is -2.16.